The van der Waals surface area contributed by atoms with Gasteiger partial charge in [0.05, 0.1) is 8.49 Å². The highest BCUT2D eigenvalue weighted by Crippen LogP contribution is 2.35. The molecule has 0 aliphatic carbocycles. The Morgan fingerprint density at radius 3 is 2.67 bits per heavy atom. The molecule has 3 heterocycles. The molecule has 0 aromatic heterocycles. The summed E-state index contributed by atoms with van der Waals surface area (Å²) in [5, 5.41) is 11.0. The van der Waals surface area contributed by atoms with E-state index < -0.39 is 4.92 Å². The maximum Gasteiger partial charge on any atom is 0.283 e. The number of carbonyl (C=O) groups is 1. The molecule has 21 heavy (non-hydrogen) atoms. The number of halogens is 1. The van der Waals surface area contributed by atoms with Gasteiger partial charge in [-0.25, -0.2) is 0 Å². The van der Waals surface area contributed by atoms with Gasteiger partial charge < -0.3 is 4.90 Å². The number of hydrogen-bond donors (Lipinski definition) is 0. The van der Waals surface area contributed by atoms with Crippen LogP contribution in [0.1, 0.15) is 29.6 Å². The van der Waals surface area contributed by atoms with Gasteiger partial charge in [-0.1, -0.05) is 0 Å². The fourth-order valence-electron chi connectivity index (χ4n) is 3.50. The molecule has 0 radical (unpaired) electrons. The molecule has 6 heteroatoms. The zero-order valence-electron chi connectivity index (χ0n) is 11.6. The first kappa shape index (κ1) is 14.9. The number of nitrogens with zero attached hydrogens (tertiary/aromatic N) is 2. The van der Waals surface area contributed by atoms with Crippen LogP contribution in [0.4, 0.5) is 5.69 Å². The normalized spacial score (nSPS) is 27.6. The second-order valence-corrected chi connectivity index (χ2v) is 7.11. The number of hydrogen-bond acceptors (Lipinski definition) is 4. The first-order chi connectivity index (χ1) is 10.0. The van der Waals surface area contributed by atoms with Crippen molar-refractivity contribution in [2.24, 2.45) is 11.8 Å². The first-order valence-corrected chi connectivity index (χ1v) is 8.32. The smallest absolute Gasteiger partial charge is 0.283 e. The topological polar surface area (TPSA) is 63.5 Å². The Balaban J connectivity index is 1.74. The number of nitro groups is 1. The highest BCUT2D eigenvalue weighted by molar-refractivity contribution is 14.1. The largest absolute Gasteiger partial charge is 0.303 e. The third-order valence-electron chi connectivity index (χ3n) is 4.70. The van der Waals surface area contributed by atoms with Crippen molar-refractivity contribution in [2.75, 3.05) is 19.6 Å². The van der Waals surface area contributed by atoms with Crippen LogP contribution in [0.3, 0.4) is 0 Å². The fraction of sp³-hybridized carbons (Fsp3) is 0.533. The molecule has 0 N–H and O–H groups in total. The predicted molar refractivity (Wildman–Crippen MR) is 87.4 cm³/mol. The van der Waals surface area contributed by atoms with Gasteiger partial charge in [-0.15, -0.1) is 0 Å². The van der Waals surface area contributed by atoms with Crippen LogP contribution < -0.4 is 0 Å². The van der Waals surface area contributed by atoms with Gasteiger partial charge in [-0.2, -0.15) is 0 Å². The van der Waals surface area contributed by atoms with Crippen molar-refractivity contribution in [3.63, 3.8) is 0 Å². The van der Waals surface area contributed by atoms with Crippen molar-refractivity contribution in [1.29, 1.82) is 0 Å². The van der Waals surface area contributed by atoms with Gasteiger partial charge in [0.2, 0.25) is 0 Å². The van der Waals surface area contributed by atoms with Gasteiger partial charge in [0, 0.05) is 24.6 Å². The Morgan fingerprint density at radius 1 is 1.38 bits per heavy atom. The molecule has 2 bridgehead atoms. The van der Waals surface area contributed by atoms with Crippen molar-refractivity contribution < 1.29 is 9.72 Å². The minimum Gasteiger partial charge on any atom is -0.303 e. The Kier molecular flexibility index (Phi) is 4.26. The average molecular weight is 400 g/mol. The van der Waals surface area contributed by atoms with Crippen LogP contribution in [0.15, 0.2) is 18.2 Å². The van der Waals surface area contributed by atoms with Gasteiger partial charge in [0.15, 0.2) is 5.78 Å². The SMILES string of the molecule is O=C(CC1CN2CCC1CC2)c1ccc(I)c([N+](=O)[O-])c1. The first-order valence-electron chi connectivity index (χ1n) is 7.24. The highest BCUT2D eigenvalue weighted by atomic mass is 127. The van der Waals surface area contributed by atoms with E-state index in [0.29, 0.717) is 27.4 Å². The maximum absolute atomic E-state index is 12.4. The summed E-state index contributed by atoms with van der Waals surface area (Å²) in [5.41, 5.74) is 0.494. The highest BCUT2D eigenvalue weighted by Gasteiger charge is 2.35. The molecular weight excluding hydrogens is 383 g/mol. The van der Waals surface area contributed by atoms with E-state index in [-0.39, 0.29) is 11.5 Å². The lowest BCUT2D eigenvalue weighted by molar-refractivity contribution is -0.385. The number of fused-ring (bicyclic) bond motifs is 3. The summed E-state index contributed by atoms with van der Waals surface area (Å²) in [4.78, 5) is 25.4. The minimum atomic E-state index is -0.424. The number of ketones is 1. The molecule has 3 saturated heterocycles. The number of carbonyl (C=O) groups excluding carboxylic acids is 1. The molecule has 4 rings (SSSR count). The van der Waals surface area contributed by atoms with E-state index in [2.05, 4.69) is 4.90 Å². The lowest BCUT2D eigenvalue weighted by Crippen LogP contribution is -2.47. The molecule has 3 fully saturated rings. The van der Waals surface area contributed by atoms with E-state index in [1.807, 2.05) is 22.6 Å². The zero-order chi connectivity index (χ0) is 15.0. The number of piperidine rings is 3. The Bertz CT molecular complexity index is 582. The van der Waals surface area contributed by atoms with E-state index in [1.165, 1.54) is 18.9 Å². The molecule has 1 atom stereocenters. The molecular formula is C15H17IN2O3. The summed E-state index contributed by atoms with van der Waals surface area (Å²) in [6, 6.07) is 4.78. The number of Topliss-reactive ketones (excluding diaryl/α,β-unsaturated/α-hetero) is 1. The van der Waals surface area contributed by atoms with Gasteiger partial charge in [-0.05, 0) is 72.5 Å². The van der Waals surface area contributed by atoms with E-state index in [9.17, 15) is 14.9 Å². The van der Waals surface area contributed by atoms with Crippen molar-refractivity contribution >= 4 is 34.1 Å². The Labute approximate surface area is 137 Å². The summed E-state index contributed by atoms with van der Waals surface area (Å²) in [7, 11) is 0. The molecule has 1 unspecified atom stereocenters. The molecule has 112 valence electrons. The maximum atomic E-state index is 12.4. The lowest BCUT2D eigenvalue weighted by atomic mass is 9.76. The summed E-state index contributed by atoms with van der Waals surface area (Å²) >= 11 is 1.93. The Morgan fingerprint density at radius 2 is 2.10 bits per heavy atom. The van der Waals surface area contributed by atoms with Gasteiger partial charge >= 0.3 is 0 Å². The molecule has 3 aliphatic rings. The van der Waals surface area contributed by atoms with Crippen molar-refractivity contribution in [3.05, 3.63) is 37.4 Å². The molecule has 0 spiro atoms. The van der Waals surface area contributed by atoms with Crippen LogP contribution in [0.5, 0.6) is 0 Å². The molecule has 1 aromatic rings. The third kappa shape index (κ3) is 3.11. The fourth-order valence-corrected chi connectivity index (χ4v) is 4.03. The zero-order valence-corrected chi connectivity index (χ0v) is 13.8. The molecule has 1 aromatic carbocycles. The van der Waals surface area contributed by atoms with Crippen molar-refractivity contribution in [1.82, 2.24) is 4.90 Å². The third-order valence-corrected chi connectivity index (χ3v) is 5.62. The van der Waals surface area contributed by atoms with E-state index in [4.69, 9.17) is 0 Å². The predicted octanol–water partition coefficient (Wildman–Crippen LogP) is 3.11. The van der Waals surface area contributed by atoms with Gasteiger partial charge in [-0.3, -0.25) is 14.9 Å². The van der Waals surface area contributed by atoms with Gasteiger partial charge in [0.25, 0.3) is 5.69 Å². The average Bonchev–Trinajstić information content (AvgIpc) is 2.48. The number of rotatable bonds is 4. The van der Waals surface area contributed by atoms with Crippen LogP contribution >= 0.6 is 22.6 Å². The summed E-state index contributed by atoms with van der Waals surface area (Å²) in [6.45, 7) is 3.32. The standard InChI is InChI=1S/C15H17IN2O3/c16-13-2-1-11(7-14(13)18(20)21)15(19)8-12-9-17-5-3-10(12)4-6-17/h1-2,7,10,12H,3-6,8-9H2. The van der Waals surface area contributed by atoms with Crippen molar-refractivity contribution in [2.45, 2.75) is 19.3 Å². The monoisotopic (exact) mass is 400 g/mol. The van der Waals surface area contributed by atoms with Crippen LogP contribution in [-0.2, 0) is 0 Å². The van der Waals surface area contributed by atoms with Crippen LogP contribution in [0, 0.1) is 25.5 Å². The van der Waals surface area contributed by atoms with Crippen LogP contribution in [0.25, 0.3) is 0 Å². The van der Waals surface area contributed by atoms with Crippen molar-refractivity contribution in [3.8, 4) is 0 Å². The summed E-state index contributed by atoms with van der Waals surface area (Å²) in [5.74, 6) is 1.10. The van der Waals surface area contributed by atoms with Crippen LogP contribution in [-0.4, -0.2) is 35.2 Å². The molecule has 3 aliphatic heterocycles. The van der Waals surface area contributed by atoms with E-state index in [0.717, 1.165) is 19.6 Å². The second-order valence-electron chi connectivity index (χ2n) is 5.95. The lowest BCUT2D eigenvalue weighted by Gasteiger charge is -2.44. The number of benzene rings is 1. The van der Waals surface area contributed by atoms with Crippen LogP contribution in [0.2, 0.25) is 0 Å². The Hall–Kier alpha value is -1.02. The summed E-state index contributed by atoms with van der Waals surface area (Å²) in [6.07, 6.45) is 2.88. The number of nitro benzene ring substituents is 1. The minimum absolute atomic E-state index is 0.0235. The van der Waals surface area contributed by atoms with E-state index in [1.54, 1.807) is 12.1 Å². The molecule has 0 amide bonds. The quantitative estimate of drug-likeness (QED) is 0.337. The van der Waals surface area contributed by atoms with Gasteiger partial charge in [0.1, 0.15) is 0 Å². The second kappa shape index (κ2) is 6.00. The molecule has 0 saturated carbocycles. The summed E-state index contributed by atoms with van der Waals surface area (Å²) < 4.78 is 0.567. The van der Waals surface area contributed by atoms with E-state index >= 15 is 0 Å². The molecule has 5 nitrogen and oxygen atoms in total.